The molecule has 0 saturated carbocycles. The van der Waals surface area contributed by atoms with E-state index in [2.05, 4.69) is 26.0 Å². The second-order valence-corrected chi connectivity index (χ2v) is 4.21. The predicted octanol–water partition coefficient (Wildman–Crippen LogP) is 1.19. The summed E-state index contributed by atoms with van der Waals surface area (Å²) in [6, 6.07) is 0. The van der Waals surface area contributed by atoms with E-state index >= 15 is 0 Å². The van der Waals surface area contributed by atoms with Crippen molar-refractivity contribution in [3.05, 3.63) is 22.3 Å². The van der Waals surface area contributed by atoms with Crippen LogP contribution < -0.4 is 11.3 Å². The van der Waals surface area contributed by atoms with E-state index in [0.29, 0.717) is 11.2 Å². The summed E-state index contributed by atoms with van der Waals surface area (Å²) < 4.78 is 0. The van der Waals surface area contributed by atoms with Crippen LogP contribution in [0.25, 0.3) is 16.7 Å². The third-order valence-electron chi connectivity index (χ3n) is 2.97. The van der Waals surface area contributed by atoms with Gasteiger partial charge in [-0.3, -0.25) is 9.78 Å². The fraction of sp³-hybridized carbons (Fsp3) is 0.364. The zero-order valence-electron chi connectivity index (χ0n) is 9.29. The molecule has 0 radical (unpaired) electrons. The maximum Gasteiger partial charge on any atom is 0.278 e. The number of allylic oxidation sites excluding steroid dienone is 2. The average molecular weight is 231 g/mol. The van der Waals surface area contributed by atoms with Gasteiger partial charge in [-0.15, -0.1) is 0 Å². The minimum Gasteiger partial charge on any atom is -0.369 e. The first-order chi connectivity index (χ1) is 8.24. The number of hydrogen-bond donors (Lipinski definition) is 3. The van der Waals surface area contributed by atoms with E-state index in [-0.39, 0.29) is 11.5 Å². The lowest BCUT2D eigenvalue weighted by molar-refractivity contribution is 0.738. The summed E-state index contributed by atoms with van der Waals surface area (Å²) in [6.45, 7) is 0. The van der Waals surface area contributed by atoms with Gasteiger partial charge < -0.3 is 10.7 Å². The zero-order chi connectivity index (χ0) is 11.8. The third kappa shape index (κ3) is 1.71. The second-order valence-electron chi connectivity index (χ2n) is 4.21. The largest absolute Gasteiger partial charge is 0.369 e. The Morgan fingerprint density at radius 1 is 1.24 bits per heavy atom. The number of aromatic nitrogens is 4. The minimum atomic E-state index is -0.275. The van der Waals surface area contributed by atoms with Crippen LogP contribution in [0.5, 0.6) is 0 Å². The second kappa shape index (κ2) is 3.73. The van der Waals surface area contributed by atoms with Crippen molar-refractivity contribution in [2.24, 2.45) is 0 Å². The fourth-order valence-electron chi connectivity index (χ4n) is 2.13. The molecule has 2 aromatic heterocycles. The number of nitrogens with one attached hydrogen (secondary N) is 2. The standard InChI is InChI=1S/C11H13N5O/c12-11-15-9-7(10(17)16-11)13-8(14-9)6-4-2-1-3-5-6/h4H,1-3,5H2,(H4,12,13,14,15,16,17). The molecule has 3 rings (SSSR count). The maximum atomic E-state index is 11.6. The Morgan fingerprint density at radius 2 is 2.12 bits per heavy atom. The van der Waals surface area contributed by atoms with Gasteiger partial charge in [0.1, 0.15) is 5.82 Å². The van der Waals surface area contributed by atoms with E-state index in [1.807, 2.05) is 0 Å². The molecule has 0 spiro atoms. The van der Waals surface area contributed by atoms with Crippen molar-refractivity contribution < 1.29 is 0 Å². The van der Waals surface area contributed by atoms with Gasteiger partial charge in [-0.2, -0.15) is 4.98 Å². The molecule has 0 unspecified atom stereocenters. The van der Waals surface area contributed by atoms with Gasteiger partial charge >= 0.3 is 0 Å². The van der Waals surface area contributed by atoms with Crippen molar-refractivity contribution in [3.8, 4) is 0 Å². The molecule has 0 amide bonds. The Labute approximate surface area is 97.0 Å². The quantitative estimate of drug-likeness (QED) is 0.686. The highest BCUT2D eigenvalue weighted by Crippen LogP contribution is 2.25. The predicted molar refractivity (Wildman–Crippen MR) is 65.4 cm³/mol. The van der Waals surface area contributed by atoms with E-state index in [4.69, 9.17) is 5.73 Å². The average Bonchev–Trinajstić information content (AvgIpc) is 2.74. The molecule has 0 saturated heterocycles. The number of rotatable bonds is 1. The van der Waals surface area contributed by atoms with Crippen molar-refractivity contribution in [2.75, 3.05) is 5.73 Å². The molecular formula is C11H13N5O. The monoisotopic (exact) mass is 231 g/mol. The summed E-state index contributed by atoms with van der Waals surface area (Å²) in [5.74, 6) is 0.835. The number of nitrogens with zero attached hydrogens (tertiary/aromatic N) is 2. The topological polar surface area (TPSA) is 100 Å². The van der Waals surface area contributed by atoms with E-state index in [1.54, 1.807) is 0 Å². The fourth-order valence-corrected chi connectivity index (χ4v) is 2.13. The molecule has 6 nitrogen and oxygen atoms in total. The van der Waals surface area contributed by atoms with Crippen LogP contribution in [0.2, 0.25) is 0 Å². The number of fused-ring (bicyclic) bond motifs is 1. The van der Waals surface area contributed by atoms with Gasteiger partial charge in [-0.1, -0.05) is 6.08 Å². The number of imidazole rings is 1. The van der Waals surface area contributed by atoms with Crippen LogP contribution in [0, 0.1) is 0 Å². The molecule has 2 heterocycles. The summed E-state index contributed by atoms with van der Waals surface area (Å²) in [5, 5.41) is 0. The lowest BCUT2D eigenvalue weighted by atomic mass is 9.99. The molecule has 0 fully saturated rings. The molecule has 17 heavy (non-hydrogen) atoms. The highest BCUT2D eigenvalue weighted by atomic mass is 16.1. The van der Waals surface area contributed by atoms with Gasteiger partial charge in [0.15, 0.2) is 11.2 Å². The molecule has 0 aliphatic heterocycles. The number of nitrogen functional groups attached to an aromatic ring is 1. The molecule has 1 aliphatic carbocycles. The molecule has 6 heteroatoms. The normalized spacial score (nSPS) is 16.1. The molecular weight excluding hydrogens is 218 g/mol. The molecule has 0 atom stereocenters. The van der Waals surface area contributed by atoms with Crippen LogP contribution in [0.15, 0.2) is 10.9 Å². The zero-order valence-corrected chi connectivity index (χ0v) is 9.29. The molecule has 0 bridgehead atoms. The van der Waals surface area contributed by atoms with Gasteiger partial charge in [0.25, 0.3) is 5.56 Å². The van der Waals surface area contributed by atoms with Gasteiger partial charge in [0.05, 0.1) is 0 Å². The molecule has 0 aromatic carbocycles. The Balaban J connectivity index is 2.16. The van der Waals surface area contributed by atoms with Crippen molar-refractivity contribution >= 4 is 22.7 Å². The summed E-state index contributed by atoms with van der Waals surface area (Å²) in [4.78, 5) is 25.4. The van der Waals surface area contributed by atoms with Crippen LogP contribution in [0.1, 0.15) is 31.5 Å². The Bertz CT molecular complexity index is 651. The number of anilines is 1. The molecule has 1 aliphatic rings. The van der Waals surface area contributed by atoms with Crippen LogP contribution >= 0.6 is 0 Å². The van der Waals surface area contributed by atoms with Crippen molar-refractivity contribution in [2.45, 2.75) is 25.7 Å². The van der Waals surface area contributed by atoms with E-state index in [0.717, 1.165) is 30.7 Å². The minimum absolute atomic E-state index is 0.0955. The number of H-pyrrole nitrogens is 2. The highest BCUT2D eigenvalue weighted by Gasteiger charge is 2.13. The van der Waals surface area contributed by atoms with Gasteiger partial charge in [0, 0.05) is 0 Å². The molecule has 2 aromatic rings. The Hall–Kier alpha value is -2.11. The summed E-state index contributed by atoms with van der Waals surface area (Å²) in [7, 11) is 0. The Kier molecular flexibility index (Phi) is 2.21. The van der Waals surface area contributed by atoms with Crippen LogP contribution in [-0.4, -0.2) is 19.9 Å². The van der Waals surface area contributed by atoms with Gasteiger partial charge in [-0.05, 0) is 31.3 Å². The number of nitrogens with two attached hydrogens (primary N) is 1. The lowest BCUT2D eigenvalue weighted by Crippen LogP contribution is -2.10. The maximum absolute atomic E-state index is 11.6. The van der Waals surface area contributed by atoms with Crippen LogP contribution in [0.4, 0.5) is 5.95 Å². The first kappa shape index (κ1) is 10.1. The molecule has 4 N–H and O–H groups in total. The van der Waals surface area contributed by atoms with E-state index < -0.39 is 0 Å². The summed E-state index contributed by atoms with van der Waals surface area (Å²) >= 11 is 0. The van der Waals surface area contributed by atoms with E-state index in [9.17, 15) is 4.79 Å². The van der Waals surface area contributed by atoms with Gasteiger partial charge in [-0.25, -0.2) is 4.98 Å². The number of hydrogen-bond acceptors (Lipinski definition) is 4. The first-order valence-corrected chi connectivity index (χ1v) is 5.69. The smallest absolute Gasteiger partial charge is 0.278 e. The van der Waals surface area contributed by atoms with Crippen molar-refractivity contribution in [1.29, 1.82) is 0 Å². The van der Waals surface area contributed by atoms with Gasteiger partial charge in [0.2, 0.25) is 5.95 Å². The number of aromatic amines is 2. The highest BCUT2D eigenvalue weighted by molar-refractivity contribution is 5.75. The van der Waals surface area contributed by atoms with Crippen molar-refractivity contribution in [3.63, 3.8) is 0 Å². The summed E-state index contributed by atoms with van der Waals surface area (Å²) in [6.07, 6.45) is 6.61. The van der Waals surface area contributed by atoms with E-state index in [1.165, 1.54) is 6.42 Å². The molecule has 88 valence electrons. The third-order valence-corrected chi connectivity index (χ3v) is 2.97. The lowest BCUT2D eigenvalue weighted by Gasteiger charge is -2.09. The summed E-state index contributed by atoms with van der Waals surface area (Å²) in [5.41, 5.74) is 7.13. The first-order valence-electron chi connectivity index (χ1n) is 5.69. The SMILES string of the molecule is Nc1nc2nc(C3=CCCCC3)[nH]c2c(=O)[nH]1. The van der Waals surface area contributed by atoms with Crippen LogP contribution in [0.3, 0.4) is 0 Å². The van der Waals surface area contributed by atoms with Crippen LogP contribution in [-0.2, 0) is 0 Å². The Morgan fingerprint density at radius 3 is 2.88 bits per heavy atom. The van der Waals surface area contributed by atoms with Crippen molar-refractivity contribution in [1.82, 2.24) is 19.9 Å².